The highest BCUT2D eigenvalue weighted by molar-refractivity contribution is 5.97. The summed E-state index contributed by atoms with van der Waals surface area (Å²) in [6.07, 6.45) is 3.29. The Balaban J connectivity index is 1.57. The molecule has 5 rings (SSSR count). The molecule has 1 aromatic carbocycles. The average molecular weight is 452 g/mol. The Morgan fingerprint density at radius 2 is 2.00 bits per heavy atom. The molecule has 1 fully saturated rings. The van der Waals surface area contributed by atoms with Crippen LogP contribution in [0.3, 0.4) is 0 Å². The molecule has 0 saturated carbocycles. The minimum atomic E-state index is -4.57. The van der Waals surface area contributed by atoms with Crippen LogP contribution in [0.15, 0.2) is 49.1 Å². The van der Waals surface area contributed by atoms with Crippen molar-refractivity contribution in [2.24, 2.45) is 0 Å². The van der Waals surface area contributed by atoms with Crippen molar-refractivity contribution in [3.63, 3.8) is 0 Å². The molecule has 0 bridgehead atoms. The zero-order chi connectivity index (χ0) is 23.0. The first kappa shape index (κ1) is 21.4. The molecule has 6 nitrogen and oxygen atoms in total. The van der Waals surface area contributed by atoms with Crippen LogP contribution < -0.4 is 10.6 Å². The van der Waals surface area contributed by atoms with Gasteiger partial charge in [-0.05, 0) is 49.6 Å². The molecule has 4 aromatic rings. The van der Waals surface area contributed by atoms with Gasteiger partial charge in [-0.15, -0.1) is 0 Å². The summed E-state index contributed by atoms with van der Waals surface area (Å²) in [5.74, 6) is 0.198. The van der Waals surface area contributed by atoms with Crippen LogP contribution in [-0.2, 0) is 6.18 Å². The van der Waals surface area contributed by atoms with Crippen molar-refractivity contribution in [2.75, 3.05) is 18.4 Å². The van der Waals surface area contributed by atoms with Crippen molar-refractivity contribution in [3.8, 4) is 22.4 Å². The maximum Gasteiger partial charge on any atom is 0.419 e. The van der Waals surface area contributed by atoms with E-state index in [-0.39, 0.29) is 17.7 Å². The van der Waals surface area contributed by atoms with E-state index in [1.54, 1.807) is 18.6 Å². The lowest BCUT2D eigenvalue weighted by Gasteiger charge is -2.24. The number of anilines is 1. The number of H-pyrrole nitrogens is 1. The number of benzene rings is 1. The summed E-state index contributed by atoms with van der Waals surface area (Å²) >= 11 is 0. The molecule has 0 radical (unpaired) electrons. The van der Waals surface area contributed by atoms with Gasteiger partial charge in [0.1, 0.15) is 5.56 Å². The first-order chi connectivity index (χ1) is 15.9. The number of nitrogens with one attached hydrogen (secondary N) is 3. The number of hydrogen-bond donors (Lipinski definition) is 3. The van der Waals surface area contributed by atoms with Crippen molar-refractivity contribution in [3.05, 3.63) is 60.2 Å². The van der Waals surface area contributed by atoms with Crippen molar-refractivity contribution in [1.29, 1.82) is 0 Å². The molecule has 4 heterocycles. The standard InChI is InChI=1S/C24H23F3N6/c1-14-6-8-29-11-18(14)15-4-5-17-19(12-30-21(17)9-15)22-20(24(25,26)27)13-31-23(33-22)32-16-3-2-7-28-10-16/h4-6,8-9,11-13,16,28,30H,2-3,7,10H2,1H3,(H,31,32,33)/t16-/m0/s1. The Bertz CT molecular complexity index is 1290. The lowest BCUT2D eigenvalue weighted by molar-refractivity contribution is -0.137. The average Bonchev–Trinajstić information content (AvgIpc) is 3.22. The van der Waals surface area contributed by atoms with Gasteiger partial charge in [-0.1, -0.05) is 12.1 Å². The molecule has 0 aliphatic carbocycles. The number of nitrogens with zero attached hydrogens (tertiary/aromatic N) is 3. The highest BCUT2D eigenvalue weighted by atomic mass is 19.4. The second-order valence-corrected chi connectivity index (χ2v) is 8.29. The second kappa shape index (κ2) is 8.47. The molecule has 33 heavy (non-hydrogen) atoms. The SMILES string of the molecule is Cc1ccncc1-c1ccc2c(-c3nc(N[C@H]4CCCNC4)ncc3C(F)(F)F)c[nH]c2c1. The number of alkyl halides is 3. The third-order valence-electron chi connectivity index (χ3n) is 6.01. The van der Waals surface area contributed by atoms with Crippen LogP contribution >= 0.6 is 0 Å². The van der Waals surface area contributed by atoms with Gasteiger partial charge in [0.15, 0.2) is 0 Å². The second-order valence-electron chi connectivity index (χ2n) is 8.29. The lowest BCUT2D eigenvalue weighted by atomic mass is 10.00. The number of halogens is 3. The Kier molecular flexibility index (Phi) is 5.49. The Morgan fingerprint density at radius 3 is 2.76 bits per heavy atom. The van der Waals surface area contributed by atoms with Gasteiger partial charge < -0.3 is 15.6 Å². The number of piperidine rings is 1. The van der Waals surface area contributed by atoms with Crippen LogP contribution in [0.4, 0.5) is 19.1 Å². The maximum absolute atomic E-state index is 13.8. The minimum Gasteiger partial charge on any atom is -0.360 e. The van der Waals surface area contributed by atoms with Gasteiger partial charge in [0, 0.05) is 59.4 Å². The van der Waals surface area contributed by atoms with Crippen molar-refractivity contribution in [2.45, 2.75) is 32.0 Å². The zero-order valence-electron chi connectivity index (χ0n) is 18.0. The fourth-order valence-electron chi connectivity index (χ4n) is 4.28. The number of hydrogen-bond acceptors (Lipinski definition) is 5. The first-order valence-corrected chi connectivity index (χ1v) is 10.8. The highest BCUT2D eigenvalue weighted by Crippen LogP contribution is 2.39. The summed E-state index contributed by atoms with van der Waals surface area (Å²) in [4.78, 5) is 15.6. The number of pyridine rings is 1. The van der Waals surface area contributed by atoms with E-state index in [1.165, 1.54) is 0 Å². The number of aryl methyl sites for hydroxylation is 1. The van der Waals surface area contributed by atoms with E-state index in [9.17, 15) is 13.2 Å². The summed E-state index contributed by atoms with van der Waals surface area (Å²) < 4.78 is 41.5. The molecule has 0 amide bonds. The molecule has 1 aliphatic heterocycles. The van der Waals surface area contributed by atoms with Crippen LogP contribution in [0.1, 0.15) is 24.0 Å². The maximum atomic E-state index is 13.8. The van der Waals surface area contributed by atoms with E-state index in [0.717, 1.165) is 54.3 Å². The van der Waals surface area contributed by atoms with E-state index in [1.807, 2.05) is 31.2 Å². The third-order valence-corrected chi connectivity index (χ3v) is 6.01. The van der Waals surface area contributed by atoms with Gasteiger partial charge in [-0.2, -0.15) is 13.2 Å². The molecule has 1 atom stereocenters. The molecule has 1 saturated heterocycles. The Morgan fingerprint density at radius 1 is 1.12 bits per heavy atom. The van der Waals surface area contributed by atoms with Gasteiger partial charge in [0.2, 0.25) is 5.95 Å². The topological polar surface area (TPSA) is 78.5 Å². The molecule has 170 valence electrons. The van der Waals surface area contributed by atoms with Crippen molar-refractivity contribution >= 4 is 16.9 Å². The molecule has 0 unspecified atom stereocenters. The quantitative estimate of drug-likeness (QED) is 0.398. The molecular weight excluding hydrogens is 429 g/mol. The number of aromatic nitrogens is 4. The largest absolute Gasteiger partial charge is 0.419 e. The summed E-state index contributed by atoms with van der Waals surface area (Å²) in [6, 6.07) is 7.64. The fourth-order valence-corrected chi connectivity index (χ4v) is 4.28. The van der Waals surface area contributed by atoms with Crippen molar-refractivity contribution < 1.29 is 13.2 Å². The smallest absolute Gasteiger partial charge is 0.360 e. The van der Waals surface area contributed by atoms with E-state index >= 15 is 0 Å². The lowest BCUT2D eigenvalue weighted by Crippen LogP contribution is -2.38. The molecule has 0 spiro atoms. The number of rotatable bonds is 4. The van der Waals surface area contributed by atoms with Gasteiger partial charge in [-0.25, -0.2) is 9.97 Å². The normalized spacial score (nSPS) is 16.8. The van der Waals surface area contributed by atoms with E-state index in [4.69, 9.17) is 0 Å². The zero-order valence-corrected chi connectivity index (χ0v) is 18.0. The monoisotopic (exact) mass is 452 g/mol. The van der Waals surface area contributed by atoms with Gasteiger partial charge in [0.05, 0.1) is 5.69 Å². The molecule has 3 aromatic heterocycles. The summed E-state index contributed by atoms with van der Waals surface area (Å²) in [5, 5.41) is 7.11. The van der Waals surface area contributed by atoms with Crippen LogP contribution in [0.2, 0.25) is 0 Å². The fraction of sp³-hybridized carbons (Fsp3) is 0.292. The summed E-state index contributed by atoms with van der Waals surface area (Å²) in [6.45, 7) is 3.66. The van der Waals surface area contributed by atoms with E-state index in [2.05, 4.69) is 30.6 Å². The first-order valence-electron chi connectivity index (χ1n) is 10.8. The number of fused-ring (bicyclic) bond motifs is 1. The van der Waals surface area contributed by atoms with Crippen molar-refractivity contribution in [1.82, 2.24) is 25.3 Å². The van der Waals surface area contributed by atoms with E-state index < -0.39 is 11.7 Å². The third kappa shape index (κ3) is 4.28. The van der Waals surface area contributed by atoms with Crippen LogP contribution in [0, 0.1) is 6.92 Å². The molecule has 3 N–H and O–H groups in total. The van der Waals surface area contributed by atoms with Gasteiger partial charge in [-0.3, -0.25) is 4.98 Å². The molecular formula is C24H23F3N6. The van der Waals surface area contributed by atoms with Crippen LogP contribution in [0.5, 0.6) is 0 Å². The summed E-state index contributed by atoms with van der Waals surface area (Å²) in [5.41, 5.74) is 3.10. The number of aromatic amines is 1. The predicted octanol–water partition coefficient (Wildman–Crippen LogP) is 5.18. The Hall–Kier alpha value is -3.46. The molecule has 9 heteroatoms. The highest BCUT2D eigenvalue weighted by Gasteiger charge is 2.36. The summed E-state index contributed by atoms with van der Waals surface area (Å²) in [7, 11) is 0. The predicted molar refractivity (Wildman–Crippen MR) is 122 cm³/mol. The van der Waals surface area contributed by atoms with E-state index in [0.29, 0.717) is 10.9 Å². The molecule has 1 aliphatic rings. The van der Waals surface area contributed by atoms with Crippen LogP contribution in [-0.4, -0.2) is 39.1 Å². The van der Waals surface area contributed by atoms with Gasteiger partial charge >= 0.3 is 6.18 Å². The minimum absolute atomic E-state index is 0.0802. The van der Waals surface area contributed by atoms with Gasteiger partial charge in [0.25, 0.3) is 0 Å². The van der Waals surface area contributed by atoms with Crippen LogP contribution in [0.25, 0.3) is 33.3 Å². The Labute approximate surface area is 188 Å².